The van der Waals surface area contributed by atoms with Crippen LogP contribution in [-0.2, 0) is 16.6 Å². The number of nitrogens with one attached hydrogen (secondary N) is 1. The highest BCUT2D eigenvalue weighted by Gasteiger charge is 2.30. The summed E-state index contributed by atoms with van der Waals surface area (Å²) in [6.07, 6.45) is 1.67. The van der Waals surface area contributed by atoms with E-state index in [2.05, 4.69) is 10.3 Å². The Hall–Kier alpha value is -1.78. The van der Waals surface area contributed by atoms with Gasteiger partial charge < -0.3 is 10.1 Å². The van der Waals surface area contributed by atoms with Crippen LogP contribution in [0.1, 0.15) is 23.3 Å². The van der Waals surface area contributed by atoms with Crippen molar-refractivity contribution >= 4 is 43.2 Å². The number of hydrogen-bond acceptors (Lipinski definition) is 6. The van der Waals surface area contributed by atoms with Gasteiger partial charge in [-0.25, -0.2) is 12.8 Å². The van der Waals surface area contributed by atoms with E-state index in [1.165, 1.54) is 11.3 Å². The third kappa shape index (κ3) is 4.61. The molecule has 0 unspecified atom stereocenters. The number of halogens is 2. The number of sulfonamides is 1. The third-order valence-electron chi connectivity index (χ3n) is 6.14. The first kappa shape index (κ1) is 23.0. The molecule has 2 atom stereocenters. The van der Waals surface area contributed by atoms with Crippen LogP contribution < -0.4 is 10.1 Å². The molecule has 176 valence electrons. The maximum atomic E-state index is 14.3. The van der Waals surface area contributed by atoms with Gasteiger partial charge in [0.2, 0.25) is 10.0 Å². The van der Waals surface area contributed by atoms with Crippen LogP contribution in [0.3, 0.4) is 0 Å². The number of aromatic nitrogens is 1. The van der Waals surface area contributed by atoms with E-state index in [4.69, 9.17) is 16.3 Å². The number of thiophene rings is 1. The second-order valence-corrected chi connectivity index (χ2v) is 12.2. The van der Waals surface area contributed by atoms with Gasteiger partial charge in [0.05, 0.1) is 16.0 Å². The Bertz CT molecular complexity index is 1300. The number of rotatable bonds is 5. The van der Waals surface area contributed by atoms with E-state index in [0.29, 0.717) is 36.8 Å². The van der Waals surface area contributed by atoms with Crippen molar-refractivity contribution in [3.05, 3.63) is 45.9 Å². The average Bonchev–Trinajstić information content (AvgIpc) is 3.36. The molecule has 6 nitrogen and oxygen atoms in total. The van der Waals surface area contributed by atoms with Crippen molar-refractivity contribution in [2.24, 2.45) is 0 Å². The molecule has 0 aliphatic carbocycles. The van der Waals surface area contributed by atoms with Crippen molar-refractivity contribution in [3.63, 3.8) is 0 Å². The zero-order valence-corrected chi connectivity index (χ0v) is 20.6. The normalized spacial score (nSPS) is 23.2. The summed E-state index contributed by atoms with van der Waals surface area (Å²) in [6, 6.07) is 7.50. The Kier molecular flexibility index (Phi) is 6.35. The van der Waals surface area contributed by atoms with Crippen molar-refractivity contribution in [3.8, 4) is 16.9 Å². The number of aryl methyl sites for hydroxylation is 1. The number of benzene rings is 1. The van der Waals surface area contributed by atoms with E-state index in [-0.39, 0.29) is 12.3 Å². The highest BCUT2D eigenvalue weighted by Crippen LogP contribution is 2.42. The topological polar surface area (TPSA) is 71.5 Å². The number of pyridine rings is 1. The van der Waals surface area contributed by atoms with E-state index < -0.39 is 22.3 Å². The SMILES string of the molecule is Cc1cc(Cl)cc(-c2ccnc3cc(CN4CCCCS4(=O)=O)sc23)c1O[C@@H]1CNC[C@@H]1F. The Morgan fingerprint density at radius 1 is 1.27 bits per heavy atom. The molecule has 10 heteroatoms. The smallest absolute Gasteiger partial charge is 0.214 e. The predicted octanol–water partition coefficient (Wildman–Crippen LogP) is 4.54. The molecule has 0 bridgehead atoms. The van der Waals surface area contributed by atoms with Crippen LogP contribution in [-0.4, -0.2) is 55.4 Å². The van der Waals surface area contributed by atoms with Crippen molar-refractivity contribution in [1.82, 2.24) is 14.6 Å². The summed E-state index contributed by atoms with van der Waals surface area (Å²) < 4.78 is 47.8. The molecule has 5 rings (SSSR count). The van der Waals surface area contributed by atoms with Gasteiger partial charge in [-0.3, -0.25) is 4.98 Å². The summed E-state index contributed by atoms with van der Waals surface area (Å²) in [4.78, 5) is 5.44. The summed E-state index contributed by atoms with van der Waals surface area (Å²) >= 11 is 7.93. The Morgan fingerprint density at radius 2 is 2.12 bits per heavy atom. The number of ether oxygens (including phenoxy) is 1. The van der Waals surface area contributed by atoms with E-state index in [1.807, 2.05) is 31.2 Å². The monoisotopic (exact) mass is 509 g/mol. The zero-order valence-electron chi connectivity index (χ0n) is 18.2. The zero-order chi connectivity index (χ0) is 23.2. The molecule has 0 radical (unpaired) electrons. The van der Waals surface area contributed by atoms with Crippen molar-refractivity contribution in [2.45, 2.75) is 38.6 Å². The summed E-state index contributed by atoms with van der Waals surface area (Å²) in [5.74, 6) is 0.812. The minimum atomic E-state index is -3.22. The largest absolute Gasteiger partial charge is 0.485 e. The first-order valence-corrected chi connectivity index (χ1v) is 13.8. The summed E-state index contributed by atoms with van der Waals surface area (Å²) in [5, 5.41) is 3.59. The molecule has 0 spiro atoms. The van der Waals surface area contributed by atoms with E-state index in [0.717, 1.165) is 38.2 Å². The van der Waals surface area contributed by atoms with Crippen molar-refractivity contribution in [2.75, 3.05) is 25.4 Å². The van der Waals surface area contributed by atoms with E-state index in [9.17, 15) is 12.8 Å². The molecule has 2 aliphatic heterocycles. The fraction of sp³-hybridized carbons (Fsp3) is 0.435. The quantitative estimate of drug-likeness (QED) is 0.546. The maximum Gasteiger partial charge on any atom is 0.214 e. The van der Waals surface area contributed by atoms with E-state index >= 15 is 0 Å². The third-order valence-corrected chi connectivity index (χ3v) is 9.40. The summed E-state index contributed by atoms with van der Waals surface area (Å²) in [7, 11) is -3.22. The van der Waals surface area contributed by atoms with Crippen LogP contribution >= 0.6 is 22.9 Å². The fourth-order valence-electron chi connectivity index (χ4n) is 4.45. The lowest BCUT2D eigenvalue weighted by atomic mass is 10.0. The minimum Gasteiger partial charge on any atom is -0.485 e. The second kappa shape index (κ2) is 9.11. The van der Waals surface area contributed by atoms with Crippen molar-refractivity contribution < 1.29 is 17.5 Å². The average molecular weight is 510 g/mol. The highest BCUT2D eigenvalue weighted by molar-refractivity contribution is 7.89. The van der Waals surface area contributed by atoms with Gasteiger partial charge in [0.15, 0.2) is 6.17 Å². The lowest BCUT2D eigenvalue weighted by molar-refractivity contribution is 0.140. The van der Waals surface area contributed by atoms with Crippen LogP contribution in [0.4, 0.5) is 4.39 Å². The van der Waals surface area contributed by atoms with Gasteiger partial charge >= 0.3 is 0 Å². The number of fused-ring (bicyclic) bond motifs is 1. The Labute approximate surface area is 201 Å². The molecular formula is C23H25ClFN3O3S2. The Balaban J connectivity index is 1.55. The van der Waals surface area contributed by atoms with Gasteiger partial charge in [0.25, 0.3) is 0 Å². The second-order valence-electron chi connectivity index (χ2n) is 8.57. The minimum absolute atomic E-state index is 0.204. The fourth-order valence-corrected chi connectivity index (χ4v) is 7.53. The molecule has 3 aromatic rings. The standard InChI is InChI=1S/C23H25ClFN3O3S2/c1-14-8-15(24)9-18(22(14)31-21-12-26-11-19(21)25)17-4-5-27-20-10-16(32-23(17)20)13-28-6-2-3-7-33(28,29)30/h4-5,8-10,19,21,26H,2-3,6-7,11-13H2,1H3/t19-,21+/m0/s1. The molecule has 1 aromatic carbocycles. The molecule has 0 saturated carbocycles. The molecule has 2 aliphatic rings. The van der Waals surface area contributed by atoms with Gasteiger partial charge in [0, 0.05) is 53.4 Å². The van der Waals surface area contributed by atoms with Crippen LogP contribution in [0.15, 0.2) is 30.5 Å². The molecule has 2 saturated heterocycles. The molecule has 0 amide bonds. The number of nitrogens with zero attached hydrogens (tertiary/aromatic N) is 2. The van der Waals surface area contributed by atoms with Gasteiger partial charge in [-0.1, -0.05) is 11.6 Å². The number of hydrogen-bond donors (Lipinski definition) is 1. The van der Waals surface area contributed by atoms with Crippen LogP contribution in [0.2, 0.25) is 5.02 Å². The number of alkyl halides is 1. The first-order valence-electron chi connectivity index (χ1n) is 11.0. The summed E-state index contributed by atoms with van der Waals surface area (Å²) in [5.41, 5.74) is 3.29. The van der Waals surface area contributed by atoms with E-state index in [1.54, 1.807) is 10.5 Å². The first-order chi connectivity index (χ1) is 15.8. The molecule has 2 fully saturated rings. The molecular weight excluding hydrogens is 485 g/mol. The molecule has 4 heterocycles. The lowest BCUT2D eigenvalue weighted by Crippen LogP contribution is -2.36. The molecule has 1 N–H and O–H groups in total. The van der Waals surface area contributed by atoms with Gasteiger partial charge in [-0.05, 0) is 49.6 Å². The van der Waals surface area contributed by atoms with Gasteiger partial charge in [-0.15, -0.1) is 11.3 Å². The van der Waals surface area contributed by atoms with Crippen LogP contribution in [0.25, 0.3) is 21.3 Å². The predicted molar refractivity (Wildman–Crippen MR) is 130 cm³/mol. The summed E-state index contributed by atoms with van der Waals surface area (Å²) in [6.45, 7) is 3.52. The maximum absolute atomic E-state index is 14.3. The van der Waals surface area contributed by atoms with Crippen LogP contribution in [0.5, 0.6) is 5.75 Å². The molecule has 2 aromatic heterocycles. The van der Waals surface area contributed by atoms with Crippen LogP contribution in [0, 0.1) is 6.92 Å². The Morgan fingerprint density at radius 3 is 2.88 bits per heavy atom. The lowest BCUT2D eigenvalue weighted by Gasteiger charge is -2.25. The molecule has 33 heavy (non-hydrogen) atoms. The van der Waals surface area contributed by atoms with Crippen molar-refractivity contribution in [1.29, 1.82) is 0 Å². The highest BCUT2D eigenvalue weighted by atomic mass is 35.5. The van der Waals surface area contributed by atoms with Gasteiger partial charge in [0.1, 0.15) is 11.9 Å². The van der Waals surface area contributed by atoms with Gasteiger partial charge in [-0.2, -0.15) is 4.31 Å².